The highest BCUT2D eigenvalue weighted by Crippen LogP contribution is 2.23. The minimum Gasteiger partial charge on any atom is -0.351 e. The first kappa shape index (κ1) is 12.5. The number of nitrogens with one attached hydrogen (secondary N) is 1. The average molecular weight is 227 g/mol. The van der Waals surface area contributed by atoms with E-state index in [0.717, 1.165) is 17.4 Å². The average Bonchev–Trinajstić information content (AvgIpc) is 2.64. The molecule has 0 aromatic carbocycles. The van der Waals surface area contributed by atoms with Gasteiger partial charge in [0.25, 0.3) is 0 Å². The van der Waals surface area contributed by atoms with Crippen LogP contribution in [0.4, 0.5) is 5.13 Å². The van der Waals surface area contributed by atoms with E-state index in [1.807, 2.05) is 7.05 Å². The van der Waals surface area contributed by atoms with Crippen LogP contribution in [-0.4, -0.2) is 25.6 Å². The van der Waals surface area contributed by atoms with Crippen LogP contribution in [0.2, 0.25) is 0 Å². The molecule has 0 fully saturated rings. The molecule has 15 heavy (non-hydrogen) atoms. The van der Waals surface area contributed by atoms with Gasteiger partial charge in [0.1, 0.15) is 0 Å². The van der Waals surface area contributed by atoms with Crippen molar-refractivity contribution >= 4 is 16.5 Å². The highest BCUT2D eigenvalue weighted by molar-refractivity contribution is 7.13. The lowest BCUT2D eigenvalue weighted by molar-refractivity contribution is 0.625. The molecule has 1 heterocycles. The lowest BCUT2D eigenvalue weighted by Crippen LogP contribution is -2.22. The monoisotopic (exact) mass is 227 g/mol. The van der Waals surface area contributed by atoms with E-state index in [1.165, 1.54) is 0 Å². The van der Waals surface area contributed by atoms with Gasteiger partial charge in [0.2, 0.25) is 0 Å². The highest BCUT2D eigenvalue weighted by Gasteiger charge is 2.11. The molecule has 3 nitrogen and oxygen atoms in total. The molecule has 1 atom stereocenters. The smallest absolute Gasteiger partial charge is 0.185 e. The van der Waals surface area contributed by atoms with Gasteiger partial charge in [0.05, 0.1) is 5.69 Å². The molecule has 4 heteroatoms. The number of anilines is 1. The Morgan fingerprint density at radius 1 is 1.47 bits per heavy atom. The van der Waals surface area contributed by atoms with E-state index >= 15 is 0 Å². The van der Waals surface area contributed by atoms with Crippen molar-refractivity contribution in [3.8, 4) is 0 Å². The normalized spacial score (nSPS) is 13.2. The van der Waals surface area contributed by atoms with Crippen LogP contribution in [0.15, 0.2) is 5.38 Å². The maximum atomic E-state index is 4.62. The third kappa shape index (κ3) is 3.47. The van der Waals surface area contributed by atoms with Crippen molar-refractivity contribution in [3.63, 3.8) is 0 Å². The van der Waals surface area contributed by atoms with Crippen LogP contribution in [0, 0.1) is 5.92 Å². The summed E-state index contributed by atoms with van der Waals surface area (Å²) in [5, 5.41) is 6.44. The zero-order valence-electron chi connectivity index (χ0n) is 10.2. The van der Waals surface area contributed by atoms with Gasteiger partial charge in [0, 0.05) is 25.0 Å². The van der Waals surface area contributed by atoms with Crippen molar-refractivity contribution < 1.29 is 0 Å². The lowest BCUT2D eigenvalue weighted by atomic mass is 10.2. The van der Waals surface area contributed by atoms with Crippen molar-refractivity contribution in [1.82, 2.24) is 10.3 Å². The Balaban J connectivity index is 2.66. The second kappa shape index (κ2) is 5.47. The van der Waals surface area contributed by atoms with Crippen LogP contribution in [-0.2, 0) is 0 Å². The predicted molar refractivity (Wildman–Crippen MR) is 67.7 cm³/mol. The first-order valence-electron chi connectivity index (χ1n) is 5.38. The van der Waals surface area contributed by atoms with E-state index in [1.54, 1.807) is 11.3 Å². The standard InChI is InChI=1S/C11H21N3S/c1-8(2)6-14(5)11-13-10(7-15-11)9(3)12-4/h7-9,12H,6H2,1-5H3. The summed E-state index contributed by atoms with van der Waals surface area (Å²) in [6.45, 7) is 7.63. The van der Waals surface area contributed by atoms with Gasteiger partial charge in [-0.15, -0.1) is 11.3 Å². The van der Waals surface area contributed by atoms with Crippen molar-refractivity contribution in [1.29, 1.82) is 0 Å². The Labute approximate surface area is 96.5 Å². The molecular formula is C11H21N3S. The third-order valence-corrected chi connectivity index (χ3v) is 3.33. The van der Waals surface area contributed by atoms with E-state index in [4.69, 9.17) is 0 Å². The summed E-state index contributed by atoms with van der Waals surface area (Å²) in [4.78, 5) is 6.84. The molecule has 0 saturated heterocycles. The fraction of sp³-hybridized carbons (Fsp3) is 0.727. The number of hydrogen-bond donors (Lipinski definition) is 1. The van der Waals surface area contributed by atoms with Gasteiger partial charge < -0.3 is 10.2 Å². The summed E-state index contributed by atoms with van der Waals surface area (Å²) in [5.41, 5.74) is 1.13. The molecule has 1 unspecified atom stereocenters. The summed E-state index contributed by atoms with van der Waals surface area (Å²) in [5.74, 6) is 0.670. The zero-order chi connectivity index (χ0) is 11.4. The zero-order valence-corrected chi connectivity index (χ0v) is 11.1. The van der Waals surface area contributed by atoms with Gasteiger partial charge in [-0.1, -0.05) is 13.8 Å². The van der Waals surface area contributed by atoms with Crippen molar-refractivity contribution in [2.75, 3.05) is 25.5 Å². The molecular weight excluding hydrogens is 206 g/mol. The Bertz CT molecular complexity index is 296. The van der Waals surface area contributed by atoms with Crippen LogP contribution < -0.4 is 10.2 Å². The summed E-state index contributed by atoms with van der Waals surface area (Å²) < 4.78 is 0. The fourth-order valence-electron chi connectivity index (χ4n) is 1.42. The number of aromatic nitrogens is 1. The second-order valence-electron chi connectivity index (χ2n) is 4.34. The number of rotatable bonds is 5. The Hall–Kier alpha value is -0.610. The highest BCUT2D eigenvalue weighted by atomic mass is 32.1. The molecule has 1 N–H and O–H groups in total. The number of nitrogens with zero attached hydrogens (tertiary/aromatic N) is 2. The van der Waals surface area contributed by atoms with Crippen LogP contribution >= 0.6 is 11.3 Å². The molecule has 0 aliphatic carbocycles. The fourth-order valence-corrected chi connectivity index (χ4v) is 2.32. The van der Waals surface area contributed by atoms with Gasteiger partial charge in [-0.2, -0.15) is 0 Å². The van der Waals surface area contributed by atoms with Crippen LogP contribution in [0.3, 0.4) is 0 Å². The van der Waals surface area contributed by atoms with Gasteiger partial charge >= 0.3 is 0 Å². The number of thiazole rings is 1. The van der Waals surface area contributed by atoms with E-state index in [-0.39, 0.29) is 0 Å². The molecule has 0 aliphatic rings. The van der Waals surface area contributed by atoms with Gasteiger partial charge in [0.15, 0.2) is 5.13 Å². The lowest BCUT2D eigenvalue weighted by Gasteiger charge is -2.18. The van der Waals surface area contributed by atoms with Crippen LogP contribution in [0.5, 0.6) is 0 Å². The minimum atomic E-state index is 0.336. The molecule has 1 rings (SSSR count). The summed E-state index contributed by atoms with van der Waals surface area (Å²) >= 11 is 1.72. The largest absolute Gasteiger partial charge is 0.351 e. The van der Waals surface area contributed by atoms with Gasteiger partial charge in [-0.3, -0.25) is 0 Å². The van der Waals surface area contributed by atoms with Crippen LogP contribution in [0.1, 0.15) is 32.5 Å². The molecule has 0 saturated carbocycles. The molecule has 0 spiro atoms. The molecule has 1 aromatic rings. The summed E-state index contributed by atoms with van der Waals surface area (Å²) in [7, 11) is 4.06. The molecule has 0 aliphatic heterocycles. The van der Waals surface area contributed by atoms with Crippen LogP contribution in [0.25, 0.3) is 0 Å². The maximum absolute atomic E-state index is 4.62. The topological polar surface area (TPSA) is 28.2 Å². The second-order valence-corrected chi connectivity index (χ2v) is 5.18. The molecule has 86 valence electrons. The Morgan fingerprint density at radius 2 is 2.13 bits per heavy atom. The maximum Gasteiger partial charge on any atom is 0.185 e. The molecule has 1 aromatic heterocycles. The first-order valence-corrected chi connectivity index (χ1v) is 6.26. The van der Waals surface area contributed by atoms with E-state index in [9.17, 15) is 0 Å². The summed E-state index contributed by atoms with van der Waals surface area (Å²) in [6.07, 6.45) is 0. The molecule has 0 bridgehead atoms. The van der Waals surface area contributed by atoms with E-state index in [2.05, 4.69) is 48.4 Å². The van der Waals surface area contributed by atoms with Crippen molar-refractivity contribution in [2.45, 2.75) is 26.8 Å². The Kier molecular flexibility index (Phi) is 4.54. The van der Waals surface area contributed by atoms with E-state index < -0.39 is 0 Å². The Morgan fingerprint density at radius 3 is 2.67 bits per heavy atom. The summed E-state index contributed by atoms with van der Waals surface area (Å²) in [6, 6.07) is 0.336. The third-order valence-electron chi connectivity index (χ3n) is 2.35. The van der Waals surface area contributed by atoms with Gasteiger partial charge in [-0.25, -0.2) is 4.98 Å². The quantitative estimate of drug-likeness (QED) is 0.838. The van der Waals surface area contributed by atoms with Gasteiger partial charge in [-0.05, 0) is 19.9 Å². The minimum absolute atomic E-state index is 0.336. The van der Waals surface area contributed by atoms with Crippen molar-refractivity contribution in [3.05, 3.63) is 11.1 Å². The first-order chi connectivity index (χ1) is 7.04. The van der Waals surface area contributed by atoms with E-state index in [0.29, 0.717) is 12.0 Å². The predicted octanol–water partition coefficient (Wildman–Crippen LogP) is 2.52. The van der Waals surface area contributed by atoms with Crippen molar-refractivity contribution in [2.24, 2.45) is 5.92 Å². The SMILES string of the molecule is CNC(C)c1csc(N(C)CC(C)C)n1. The number of hydrogen-bond acceptors (Lipinski definition) is 4. The molecule has 0 radical (unpaired) electrons. The molecule has 0 amide bonds.